The van der Waals surface area contributed by atoms with Crippen LogP contribution in [0.2, 0.25) is 0 Å². The maximum atomic E-state index is 11.6. The van der Waals surface area contributed by atoms with Crippen molar-refractivity contribution in [2.24, 2.45) is 0 Å². The summed E-state index contributed by atoms with van der Waals surface area (Å²) >= 11 is 3.40. The highest BCUT2D eigenvalue weighted by atomic mass is 79.9. The standard InChI is InChI=1S/C13H16BrNO/c1-3-10(2)15-13(16)9-12(14)11-7-5-4-6-8-11/h4-10H,3H2,1-2H3,(H,15,16)/b12-9-. The molecule has 1 atom stereocenters. The molecule has 1 aromatic carbocycles. The van der Waals surface area contributed by atoms with Crippen molar-refractivity contribution in [1.82, 2.24) is 5.32 Å². The first-order chi connectivity index (χ1) is 7.63. The molecule has 0 aliphatic carbocycles. The van der Waals surface area contributed by atoms with E-state index in [2.05, 4.69) is 21.2 Å². The van der Waals surface area contributed by atoms with Gasteiger partial charge in [-0.3, -0.25) is 4.79 Å². The maximum absolute atomic E-state index is 11.6. The van der Waals surface area contributed by atoms with Gasteiger partial charge in [-0.25, -0.2) is 0 Å². The average Bonchev–Trinajstić information content (AvgIpc) is 2.29. The van der Waals surface area contributed by atoms with Crippen molar-refractivity contribution in [1.29, 1.82) is 0 Å². The van der Waals surface area contributed by atoms with Gasteiger partial charge in [0.1, 0.15) is 0 Å². The summed E-state index contributed by atoms with van der Waals surface area (Å²) in [5, 5.41) is 2.88. The van der Waals surface area contributed by atoms with Crippen molar-refractivity contribution in [3.63, 3.8) is 0 Å². The number of carbonyl (C=O) groups excluding carboxylic acids is 1. The van der Waals surface area contributed by atoms with Crippen LogP contribution in [-0.2, 0) is 4.79 Å². The van der Waals surface area contributed by atoms with Gasteiger partial charge in [0.15, 0.2) is 0 Å². The molecule has 1 aromatic rings. The molecule has 1 unspecified atom stereocenters. The van der Waals surface area contributed by atoms with E-state index in [0.29, 0.717) is 0 Å². The summed E-state index contributed by atoms with van der Waals surface area (Å²) in [4.78, 5) is 11.6. The number of carbonyl (C=O) groups is 1. The summed E-state index contributed by atoms with van der Waals surface area (Å²) in [7, 11) is 0. The normalized spacial score (nSPS) is 13.3. The molecule has 3 heteroatoms. The van der Waals surface area contributed by atoms with Crippen LogP contribution in [0.25, 0.3) is 4.48 Å². The average molecular weight is 282 g/mol. The predicted octanol–water partition coefficient (Wildman–Crippen LogP) is 3.34. The summed E-state index contributed by atoms with van der Waals surface area (Å²) in [5.41, 5.74) is 1.00. The number of amides is 1. The molecule has 1 rings (SSSR count). The van der Waals surface area contributed by atoms with Gasteiger partial charge in [-0.1, -0.05) is 37.3 Å². The van der Waals surface area contributed by atoms with Crippen LogP contribution in [0.15, 0.2) is 36.4 Å². The summed E-state index contributed by atoms with van der Waals surface area (Å²) in [6, 6.07) is 9.95. The van der Waals surface area contributed by atoms with Gasteiger partial charge in [-0.2, -0.15) is 0 Å². The van der Waals surface area contributed by atoms with E-state index in [1.165, 1.54) is 0 Å². The molecule has 0 saturated carbocycles. The Morgan fingerprint density at radius 1 is 1.44 bits per heavy atom. The van der Waals surface area contributed by atoms with Gasteiger partial charge in [-0.15, -0.1) is 0 Å². The number of benzene rings is 1. The zero-order valence-electron chi connectivity index (χ0n) is 9.53. The highest BCUT2D eigenvalue weighted by Crippen LogP contribution is 2.19. The molecular weight excluding hydrogens is 266 g/mol. The molecule has 1 amide bonds. The predicted molar refractivity (Wildman–Crippen MR) is 71.2 cm³/mol. The molecule has 0 aliphatic heterocycles. The Balaban J connectivity index is 2.67. The molecule has 0 heterocycles. The van der Waals surface area contributed by atoms with Crippen LogP contribution in [0, 0.1) is 0 Å². The second-order valence-electron chi connectivity index (χ2n) is 3.68. The van der Waals surface area contributed by atoms with Crippen molar-refractivity contribution >= 4 is 26.3 Å². The molecule has 0 aliphatic rings. The maximum Gasteiger partial charge on any atom is 0.245 e. The van der Waals surface area contributed by atoms with Crippen molar-refractivity contribution in [2.75, 3.05) is 0 Å². The molecule has 0 fully saturated rings. The van der Waals surface area contributed by atoms with Crippen molar-refractivity contribution in [2.45, 2.75) is 26.3 Å². The zero-order chi connectivity index (χ0) is 12.0. The monoisotopic (exact) mass is 281 g/mol. The van der Waals surface area contributed by atoms with Crippen LogP contribution < -0.4 is 5.32 Å². The molecule has 16 heavy (non-hydrogen) atoms. The zero-order valence-corrected chi connectivity index (χ0v) is 11.1. The van der Waals surface area contributed by atoms with Gasteiger partial charge in [0, 0.05) is 16.6 Å². The molecule has 86 valence electrons. The van der Waals surface area contributed by atoms with Crippen molar-refractivity contribution < 1.29 is 4.79 Å². The minimum Gasteiger partial charge on any atom is -0.350 e. The molecule has 0 spiro atoms. The third kappa shape index (κ3) is 4.19. The fourth-order valence-corrected chi connectivity index (χ4v) is 1.65. The lowest BCUT2D eigenvalue weighted by molar-refractivity contribution is -0.117. The van der Waals surface area contributed by atoms with E-state index in [1.807, 2.05) is 44.2 Å². The Morgan fingerprint density at radius 3 is 2.62 bits per heavy atom. The van der Waals surface area contributed by atoms with Gasteiger partial charge in [-0.05, 0) is 34.8 Å². The molecule has 1 N–H and O–H groups in total. The van der Waals surface area contributed by atoms with Crippen LogP contribution in [0.1, 0.15) is 25.8 Å². The fourth-order valence-electron chi connectivity index (χ4n) is 1.18. The van der Waals surface area contributed by atoms with Crippen LogP contribution in [0.3, 0.4) is 0 Å². The van der Waals surface area contributed by atoms with Gasteiger partial charge in [0.25, 0.3) is 0 Å². The lowest BCUT2D eigenvalue weighted by atomic mass is 10.2. The van der Waals surface area contributed by atoms with E-state index in [9.17, 15) is 4.79 Å². The van der Waals surface area contributed by atoms with Gasteiger partial charge in [0.05, 0.1) is 0 Å². The van der Waals surface area contributed by atoms with E-state index in [-0.39, 0.29) is 11.9 Å². The van der Waals surface area contributed by atoms with Gasteiger partial charge in [0.2, 0.25) is 5.91 Å². The summed E-state index contributed by atoms with van der Waals surface area (Å²) in [6.45, 7) is 4.03. The van der Waals surface area contributed by atoms with Crippen LogP contribution in [-0.4, -0.2) is 11.9 Å². The van der Waals surface area contributed by atoms with E-state index in [0.717, 1.165) is 16.5 Å². The summed E-state index contributed by atoms with van der Waals surface area (Å²) in [5.74, 6) is -0.0647. The first-order valence-electron chi connectivity index (χ1n) is 5.36. The first kappa shape index (κ1) is 13.0. The number of hydrogen-bond acceptors (Lipinski definition) is 1. The first-order valence-corrected chi connectivity index (χ1v) is 6.16. The summed E-state index contributed by atoms with van der Waals surface area (Å²) in [6.07, 6.45) is 2.50. The fraction of sp³-hybridized carbons (Fsp3) is 0.308. The van der Waals surface area contributed by atoms with Gasteiger partial charge < -0.3 is 5.32 Å². The van der Waals surface area contributed by atoms with E-state index >= 15 is 0 Å². The van der Waals surface area contributed by atoms with Crippen LogP contribution in [0.5, 0.6) is 0 Å². The number of nitrogens with one attached hydrogen (secondary N) is 1. The Bertz CT molecular complexity index is 373. The second-order valence-corrected chi connectivity index (χ2v) is 4.53. The third-order valence-electron chi connectivity index (χ3n) is 2.31. The molecule has 0 saturated heterocycles. The van der Waals surface area contributed by atoms with Crippen molar-refractivity contribution in [3.05, 3.63) is 42.0 Å². The number of hydrogen-bond donors (Lipinski definition) is 1. The highest BCUT2D eigenvalue weighted by molar-refractivity contribution is 9.15. The Kier molecular flexibility index (Phi) is 5.26. The Labute approximate surface area is 105 Å². The molecule has 0 aromatic heterocycles. The Morgan fingerprint density at radius 2 is 2.06 bits per heavy atom. The minimum atomic E-state index is -0.0647. The van der Waals surface area contributed by atoms with E-state index in [4.69, 9.17) is 0 Å². The highest BCUT2D eigenvalue weighted by Gasteiger charge is 2.04. The molecule has 0 radical (unpaired) electrons. The minimum absolute atomic E-state index is 0.0647. The smallest absolute Gasteiger partial charge is 0.245 e. The molecule has 0 bridgehead atoms. The Hall–Kier alpha value is -1.09. The largest absolute Gasteiger partial charge is 0.350 e. The van der Waals surface area contributed by atoms with E-state index in [1.54, 1.807) is 6.08 Å². The van der Waals surface area contributed by atoms with Crippen LogP contribution >= 0.6 is 15.9 Å². The molecule has 2 nitrogen and oxygen atoms in total. The second kappa shape index (κ2) is 6.48. The SMILES string of the molecule is CCC(C)NC(=O)/C=C(\Br)c1ccccc1. The number of halogens is 1. The van der Waals surface area contributed by atoms with E-state index < -0.39 is 0 Å². The van der Waals surface area contributed by atoms with Gasteiger partial charge >= 0.3 is 0 Å². The lowest BCUT2D eigenvalue weighted by Gasteiger charge is -2.09. The molecular formula is C13H16BrNO. The third-order valence-corrected chi connectivity index (χ3v) is 3.00. The van der Waals surface area contributed by atoms with Crippen LogP contribution in [0.4, 0.5) is 0 Å². The lowest BCUT2D eigenvalue weighted by Crippen LogP contribution is -2.30. The van der Waals surface area contributed by atoms with Crippen molar-refractivity contribution in [3.8, 4) is 0 Å². The topological polar surface area (TPSA) is 29.1 Å². The summed E-state index contributed by atoms with van der Waals surface area (Å²) < 4.78 is 0.800. The number of rotatable bonds is 4. The quantitative estimate of drug-likeness (QED) is 0.843.